The molecule has 0 saturated heterocycles. The monoisotopic (exact) mass is 259 g/mol. The van der Waals surface area contributed by atoms with Crippen molar-refractivity contribution in [2.75, 3.05) is 11.4 Å². The van der Waals surface area contributed by atoms with Crippen LogP contribution in [0.5, 0.6) is 0 Å². The van der Waals surface area contributed by atoms with Crippen LogP contribution in [0.15, 0.2) is 18.2 Å². The molecule has 1 N–H and O–H groups in total. The lowest BCUT2D eigenvalue weighted by molar-refractivity contribution is 0.0785. The van der Waals surface area contributed by atoms with Crippen LogP contribution in [0.4, 0.5) is 5.69 Å². The van der Waals surface area contributed by atoms with Crippen molar-refractivity contribution in [3.8, 4) is 0 Å². The predicted octanol–water partition coefficient (Wildman–Crippen LogP) is 3.61. The fraction of sp³-hybridized carbons (Fsp3) is 0.647. The van der Waals surface area contributed by atoms with Crippen LogP contribution in [0.3, 0.4) is 0 Å². The first-order valence-corrected chi connectivity index (χ1v) is 7.68. The van der Waals surface area contributed by atoms with Gasteiger partial charge < -0.3 is 10.0 Å². The van der Waals surface area contributed by atoms with Crippen LogP contribution in [-0.2, 0) is 12.0 Å². The van der Waals surface area contributed by atoms with E-state index in [-0.39, 0.29) is 0 Å². The zero-order valence-corrected chi connectivity index (χ0v) is 12.2. The molecular weight excluding hydrogens is 234 g/mol. The quantitative estimate of drug-likeness (QED) is 0.877. The fourth-order valence-electron chi connectivity index (χ4n) is 3.58. The number of rotatable bonds is 2. The Morgan fingerprint density at radius 2 is 1.89 bits per heavy atom. The normalized spacial score (nSPS) is 20.7. The van der Waals surface area contributed by atoms with E-state index in [1.54, 1.807) is 0 Å². The summed E-state index contributed by atoms with van der Waals surface area (Å²) in [6.07, 6.45) is 8.03. The SMILES string of the molecule is CC(C)(O)c1ccc2c(c1)CCN2C1CCCCC1. The van der Waals surface area contributed by atoms with Crippen LogP contribution in [0.25, 0.3) is 0 Å². The van der Waals surface area contributed by atoms with Gasteiger partial charge in [0, 0.05) is 18.3 Å². The molecule has 0 unspecified atom stereocenters. The third-order valence-electron chi connectivity index (χ3n) is 4.73. The van der Waals surface area contributed by atoms with E-state index in [0.717, 1.165) is 24.6 Å². The molecule has 1 fully saturated rings. The fourth-order valence-corrected chi connectivity index (χ4v) is 3.58. The molecule has 1 aliphatic carbocycles. The zero-order valence-electron chi connectivity index (χ0n) is 12.2. The Bertz CT molecular complexity index is 455. The average molecular weight is 259 g/mol. The Balaban J connectivity index is 1.85. The third-order valence-corrected chi connectivity index (χ3v) is 4.73. The van der Waals surface area contributed by atoms with E-state index in [2.05, 4.69) is 23.1 Å². The van der Waals surface area contributed by atoms with Crippen molar-refractivity contribution in [3.63, 3.8) is 0 Å². The van der Waals surface area contributed by atoms with Gasteiger partial charge >= 0.3 is 0 Å². The summed E-state index contributed by atoms with van der Waals surface area (Å²) >= 11 is 0. The van der Waals surface area contributed by atoms with Crippen LogP contribution in [-0.4, -0.2) is 17.7 Å². The molecule has 0 amide bonds. The molecule has 2 aliphatic rings. The summed E-state index contributed by atoms with van der Waals surface area (Å²) in [5, 5.41) is 10.1. The molecule has 0 bridgehead atoms. The third kappa shape index (κ3) is 2.51. The molecule has 1 heterocycles. The summed E-state index contributed by atoms with van der Waals surface area (Å²) in [5.74, 6) is 0. The zero-order chi connectivity index (χ0) is 13.5. The first-order chi connectivity index (χ1) is 9.05. The maximum absolute atomic E-state index is 10.1. The van der Waals surface area contributed by atoms with Crippen molar-refractivity contribution in [1.82, 2.24) is 0 Å². The summed E-state index contributed by atoms with van der Waals surface area (Å²) in [4.78, 5) is 2.61. The summed E-state index contributed by atoms with van der Waals surface area (Å²) in [7, 11) is 0. The van der Waals surface area contributed by atoms with E-state index in [9.17, 15) is 5.11 Å². The van der Waals surface area contributed by atoms with Crippen LogP contribution in [0.1, 0.15) is 57.1 Å². The summed E-state index contributed by atoms with van der Waals surface area (Å²) in [5.41, 5.74) is 3.15. The van der Waals surface area contributed by atoms with E-state index >= 15 is 0 Å². The second-order valence-corrected chi connectivity index (χ2v) is 6.64. The molecule has 3 rings (SSSR count). The second-order valence-electron chi connectivity index (χ2n) is 6.64. The number of fused-ring (bicyclic) bond motifs is 1. The molecule has 2 heteroatoms. The van der Waals surface area contributed by atoms with E-state index in [4.69, 9.17) is 0 Å². The molecule has 0 radical (unpaired) electrons. The Morgan fingerprint density at radius 3 is 2.58 bits per heavy atom. The molecule has 0 atom stereocenters. The highest BCUT2D eigenvalue weighted by atomic mass is 16.3. The first-order valence-electron chi connectivity index (χ1n) is 7.68. The average Bonchev–Trinajstić information content (AvgIpc) is 2.81. The first kappa shape index (κ1) is 13.0. The van der Waals surface area contributed by atoms with Gasteiger partial charge in [0.05, 0.1) is 5.60 Å². The molecule has 19 heavy (non-hydrogen) atoms. The van der Waals surface area contributed by atoms with E-state index < -0.39 is 5.60 Å². The van der Waals surface area contributed by atoms with Crippen molar-refractivity contribution < 1.29 is 5.11 Å². The van der Waals surface area contributed by atoms with Crippen LogP contribution >= 0.6 is 0 Å². The van der Waals surface area contributed by atoms with Crippen LogP contribution < -0.4 is 4.90 Å². The molecule has 0 spiro atoms. The largest absolute Gasteiger partial charge is 0.386 e. The van der Waals surface area contributed by atoms with Crippen molar-refractivity contribution in [3.05, 3.63) is 29.3 Å². The topological polar surface area (TPSA) is 23.5 Å². The van der Waals surface area contributed by atoms with Gasteiger partial charge in [-0.25, -0.2) is 0 Å². The minimum atomic E-state index is -0.729. The van der Waals surface area contributed by atoms with E-state index in [1.165, 1.54) is 43.4 Å². The Morgan fingerprint density at radius 1 is 1.16 bits per heavy atom. The van der Waals surface area contributed by atoms with E-state index in [1.807, 2.05) is 13.8 Å². The molecule has 1 aromatic rings. The van der Waals surface area contributed by atoms with Crippen LogP contribution in [0, 0.1) is 0 Å². The highest BCUT2D eigenvalue weighted by molar-refractivity contribution is 5.60. The van der Waals surface area contributed by atoms with Crippen molar-refractivity contribution >= 4 is 5.69 Å². The van der Waals surface area contributed by atoms with Gasteiger partial charge in [0.1, 0.15) is 0 Å². The van der Waals surface area contributed by atoms with Gasteiger partial charge in [0.2, 0.25) is 0 Å². The predicted molar refractivity (Wildman–Crippen MR) is 79.6 cm³/mol. The highest BCUT2D eigenvalue weighted by Gasteiger charge is 2.28. The maximum atomic E-state index is 10.1. The summed E-state index contributed by atoms with van der Waals surface area (Å²) < 4.78 is 0. The Hall–Kier alpha value is -1.02. The molecule has 1 aliphatic heterocycles. The summed E-state index contributed by atoms with van der Waals surface area (Å²) in [6.45, 7) is 4.89. The number of aliphatic hydroxyl groups is 1. The van der Waals surface area contributed by atoms with Crippen LogP contribution in [0.2, 0.25) is 0 Å². The second kappa shape index (κ2) is 4.82. The molecular formula is C17H25NO. The van der Waals surface area contributed by atoms with Crippen molar-refractivity contribution in [1.29, 1.82) is 0 Å². The smallest absolute Gasteiger partial charge is 0.0840 e. The van der Waals surface area contributed by atoms with Crippen molar-refractivity contribution in [2.45, 2.75) is 64.0 Å². The molecule has 1 aromatic carbocycles. The van der Waals surface area contributed by atoms with Gasteiger partial charge in [-0.05, 0) is 50.3 Å². The molecule has 1 saturated carbocycles. The van der Waals surface area contributed by atoms with Gasteiger partial charge in [-0.15, -0.1) is 0 Å². The molecule has 2 nitrogen and oxygen atoms in total. The van der Waals surface area contributed by atoms with Gasteiger partial charge in [-0.1, -0.05) is 31.4 Å². The van der Waals surface area contributed by atoms with Gasteiger partial charge in [0.25, 0.3) is 0 Å². The number of hydrogen-bond donors (Lipinski definition) is 1. The number of hydrogen-bond acceptors (Lipinski definition) is 2. The lowest BCUT2D eigenvalue weighted by atomic mass is 9.93. The van der Waals surface area contributed by atoms with Gasteiger partial charge in [-0.2, -0.15) is 0 Å². The number of nitrogens with zero attached hydrogens (tertiary/aromatic N) is 1. The number of anilines is 1. The summed E-state index contributed by atoms with van der Waals surface area (Å²) in [6, 6.07) is 7.28. The molecule has 0 aromatic heterocycles. The lowest BCUT2D eigenvalue weighted by Gasteiger charge is -2.33. The molecule has 104 valence electrons. The number of benzene rings is 1. The minimum absolute atomic E-state index is 0.729. The standard InChI is InChI=1S/C17H25NO/c1-17(2,19)14-8-9-16-13(12-14)10-11-18(16)15-6-4-3-5-7-15/h8-9,12,15,19H,3-7,10-11H2,1-2H3. The van der Waals surface area contributed by atoms with Gasteiger partial charge in [-0.3, -0.25) is 0 Å². The Kier molecular flexibility index (Phi) is 3.30. The minimum Gasteiger partial charge on any atom is -0.386 e. The van der Waals surface area contributed by atoms with Gasteiger partial charge in [0.15, 0.2) is 0 Å². The lowest BCUT2D eigenvalue weighted by Crippen LogP contribution is -2.35. The van der Waals surface area contributed by atoms with Crippen molar-refractivity contribution in [2.24, 2.45) is 0 Å². The highest BCUT2D eigenvalue weighted by Crippen LogP contribution is 2.36. The van der Waals surface area contributed by atoms with E-state index in [0.29, 0.717) is 0 Å². The maximum Gasteiger partial charge on any atom is 0.0840 e. The Labute approximate surface area is 116 Å².